The van der Waals surface area contributed by atoms with Crippen LogP contribution < -0.4 is 0 Å². The van der Waals surface area contributed by atoms with E-state index in [4.69, 9.17) is 9.84 Å². The van der Waals surface area contributed by atoms with Gasteiger partial charge in [0.1, 0.15) is 5.60 Å². The summed E-state index contributed by atoms with van der Waals surface area (Å²) in [4.78, 5) is 21.7. The van der Waals surface area contributed by atoms with Gasteiger partial charge in [0.2, 0.25) is 5.76 Å². The molecule has 0 aromatic carbocycles. The molecule has 0 bridgehead atoms. The molecule has 0 aromatic rings. The van der Waals surface area contributed by atoms with Crippen LogP contribution in [0.25, 0.3) is 0 Å². The van der Waals surface area contributed by atoms with E-state index in [9.17, 15) is 9.59 Å². The van der Waals surface area contributed by atoms with Gasteiger partial charge >= 0.3 is 11.9 Å². The molecule has 0 aliphatic heterocycles. The molecule has 0 rings (SSSR count). The van der Waals surface area contributed by atoms with Crippen LogP contribution in [0.3, 0.4) is 0 Å². The zero-order valence-corrected chi connectivity index (χ0v) is 8.66. The fraction of sp³-hybridized carbons (Fsp3) is 0.556. The quantitative estimate of drug-likeness (QED) is 0.410. The first-order valence-corrected chi connectivity index (χ1v) is 3.98. The van der Waals surface area contributed by atoms with Crippen molar-refractivity contribution in [1.82, 2.24) is 0 Å². The second-order valence-corrected chi connectivity index (χ2v) is 3.55. The van der Waals surface area contributed by atoms with Crippen LogP contribution in [-0.4, -0.2) is 29.8 Å². The Morgan fingerprint density at radius 2 is 1.79 bits per heavy atom. The van der Waals surface area contributed by atoms with Crippen molar-refractivity contribution in [3.8, 4) is 0 Å². The Balaban J connectivity index is 4.41. The molecular formula is C9H14O5. The van der Waals surface area contributed by atoms with Crippen LogP contribution in [0, 0.1) is 0 Å². The standard InChI is InChI=1S/C9H14O5/c1-9(2,3)14-8(12)6(10)5-7(11)13-4/h5,10H,1-4H3. The fourth-order valence-electron chi connectivity index (χ4n) is 0.560. The smallest absolute Gasteiger partial charge is 0.374 e. The molecule has 0 atom stereocenters. The van der Waals surface area contributed by atoms with Crippen LogP contribution >= 0.6 is 0 Å². The first-order chi connectivity index (χ1) is 6.26. The average molecular weight is 202 g/mol. The second-order valence-electron chi connectivity index (χ2n) is 3.55. The minimum absolute atomic E-state index is 0.661. The minimum Gasteiger partial charge on any atom is -0.502 e. The van der Waals surface area contributed by atoms with Crippen molar-refractivity contribution >= 4 is 11.9 Å². The molecule has 0 saturated heterocycles. The third kappa shape index (κ3) is 5.18. The molecule has 0 saturated carbocycles. The summed E-state index contributed by atoms with van der Waals surface area (Å²) in [5, 5.41) is 9.07. The SMILES string of the molecule is COC(=O)C=C(O)C(=O)OC(C)(C)C. The van der Waals surface area contributed by atoms with E-state index in [1.54, 1.807) is 20.8 Å². The molecule has 0 aliphatic rings. The van der Waals surface area contributed by atoms with Gasteiger partial charge in [-0.05, 0) is 20.8 Å². The Kier molecular flexibility index (Phi) is 4.14. The summed E-state index contributed by atoms with van der Waals surface area (Å²) in [6.45, 7) is 4.95. The summed E-state index contributed by atoms with van der Waals surface area (Å²) in [6.07, 6.45) is 0.661. The first kappa shape index (κ1) is 12.5. The predicted octanol–water partition coefficient (Wildman–Crippen LogP) is 0.943. The molecule has 5 heteroatoms. The number of ether oxygens (including phenoxy) is 2. The van der Waals surface area contributed by atoms with Crippen molar-refractivity contribution in [1.29, 1.82) is 0 Å². The van der Waals surface area contributed by atoms with E-state index in [2.05, 4.69) is 4.74 Å². The Hall–Kier alpha value is -1.52. The molecule has 0 amide bonds. The maximum Gasteiger partial charge on any atom is 0.374 e. The third-order valence-corrected chi connectivity index (χ3v) is 1.06. The lowest BCUT2D eigenvalue weighted by molar-refractivity contribution is -0.153. The van der Waals surface area contributed by atoms with Crippen molar-refractivity contribution in [2.75, 3.05) is 7.11 Å². The van der Waals surface area contributed by atoms with E-state index in [0.29, 0.717) is 6.08 Å². The van der Waals surface area contributed by atoms with Crippen LogP contribution in [0.4, 0.5) is 0 Å². The highest BCUT2D eigenvalue weighted by Crippen LogP contribution is 2.09. The Morgan fingerprint density at radius 1 is 1.29 bits per heavy atom. The normalized spacial score (nSPS) is 12.1. The number of carbonyl (C=O) groups is 2. The molecule has 0 unspecified atom stereocenters. The summed E-state index contributed by atoms with van der Waals surface area (Å²) < 4.78 is 9.00. The molecule has 14 heavy (non-hydrogen) atoms. The summed E-state index contributed by atoms with van der Waals surface area (Å²) in [6, 6.07) is 0. The number of rotatable bonds is 2. The van der Waals surface area contributed by atoms with E-state index in [0.717, 1.165) is 7.11 Å². The van der Waals surface area contributed by atoms with Crippen molar-refractivity contribution < 1.29 is 24.2 Å². The first-order valence-electron chi connectivity index (χ1n) is 3.98. The summed E-state index contributed by atoms with van der Waals surface area (Å²) in [5.74, 6) is -2.54. The van der Waals surface area contributed by atoms with Gasteiger partial charge in [-0.15, -0.1) is 0 Å². The highest BCUT2D eigenvalue weighted by Gasteiger charge is 2.20. The van der Waals surface area contributed by atoms with E-state index in [-0.39, 0.29) is 0 Å². The number of carbonyl (C=O) groups excluding carboxylic acids is 2. The fourth-order valence-corrected chi connectivity index (χ4v) is 0.560. The van der Waals surface area contributed by atoms with Crippen molar-refractivity contribution in [2.24, 2.45) is 0 Å². The zero-order valence-electron chi connectivity index (χ0n) is 8.66. The molecular weight excluding hydrogens is 188 g/mol. The number of esters is 2. The molecule has 5 nitrogen and oxygen atoms in total. The van der Waals surface area contributed by atoms with Gasteiger partial charge in [0.15, 0.2) is 0 Å². The minimum atomic E-state index is -0.956. The maximum atomic E-state index is 11.1. The van der Waals surface area contributed by atoms with Gasteiger partial charge in [-0.25, -0.2) is 9.59 Å². The average Bonchev–Trinajstić information content (AvgIpc) is 2.00. The number of methoxy groups -OCH3 is 1. The Morgan fingerprint density at radius 3 is 2.14 bits per heavy atom. The third-order valence-electron chi connectivity index (χ3n) is 1.06. The van der Waals surface area contributed by atoms with Crippen LogP contribution in [0.5, 0.6) is 0 Å². The zero-order chi connectivity index (χ0) is 11.4. The number of hydrogen-bond acceptors (Lipinski definition) is 5. The van der Waals surface area contributed by atoms with Crippen LogP contribution in [0.15, 0.2) is 11.8 Å². The van der Waals surface area contributed by atoms with Gasteiger partial charge < -0.3 is 14.6 Å². The highest BCUT2D eigenvalue weighted by molar-refractivity contribution is 5.94. The van der Waals surface area contributed by atoms with E-state index in [1.165, 1.54) is 0 Å². The van der Waals surface area contributed by atoms with Crippen molar-refractivity contribution in [3.63, 3.8) is 0 Å². The lowest BCUT2D eigenvalue weighted by Gasteiger charge is -2.18. The maximum absolute atomic E-state index is 11.1. The number of aliphatic hydroxyl groups excluding tert-OH is 1. The molecule has 0 aromatic heterocycles. The molecule has 0 radical (unpaired) electrons. The summed E-state index contributed by atoms with van der Waals surface area (Å²) >= 11 is 0. The van der Waals surface area contributed by atoms with Crippen molar-refractivity contribution in [2.45, 2.75) is 26.4 Å². The summed E-state index contributed by atoms with van der Waals surface area (Å²) in [5.41, 5.74) is -0.713. The van der Waals surface area contributed by atoms with E-state index < -0.39 is 23.3 Å². The Bertz CT molecular complexity index is 259. The Labute approximate surface area is 82.3 Å². The summed E-state index contributed by atoms with van der Waals surface area (Å²) in [7, 11) is 1.14. The largest absolute Gasteiger partial charge is 0.502 e. The molecule has 1 N–H and O–H groups in total. The van der Waals surface area contributed by atoms with Gasteiger partial charge in [0.25, 0.3) is 0 Å². The number of aliphatic hydroxyl groups is 1. The molecule has 0 aliphatic carbocycles. The monoisotopic (exact) mass is 202 g/mol. The lowest BCUT2D eigenvalue weighted by atomic mass is 10.2. The molecule has 0 spiro atoms. The van der Waals surface area contributed by atoms with Gasteiger partial charge in [-0.1, -0.05) is 0 Å². The van der Waals surface area contributed by atoms with Crippen LogP contribution in [0.2, 0.25) is 0 Å². The van der Waals surface area contributed by atoms with Crippen LogP contribution in [0.1, 0.15) is 20.8 Å². The molecule has 0 heterocycles. The van der Waals surface area contributed by atoms with Gasteiger partial charge in [0, 0.05) is 0 Å². The highest BCUT2D eigenvalue weighted by atomic mass is 16.6. The lowest BCUT2D eigenvalue weighted by Crippen LogP contribution is -2.25. The van der Waals surface area contributed by atoms with Gasteiger partial charge in [-0.3, -0.25) is 0 Å². The van der Waals surface area contributed by atoms with E-state index in [1.807, 2.05) is 0 Å². The number of hydrogen-bond donors (Lipinski definition) is 1. The second kappa shape index (κ2) is 4.64. The van der Waals surface area contributed by atoms with Crippen LogP contribution in [-0.2, 0) is 19.1 Å². The van der Waals surface area contributed by atoms with Gasteiger partial charge in [-0.2, -0.15) is 0 Å². The van der Waals surface area contributed by atoms with Crippen molar-refractivity contribution in [3.05, 3.63) is 11.8 Å². The van der Waals surface area contributed by atoms with E-state index >= 15 is 0 Å². The molecule has 0 fully saturated rings. The predicted molar refractivity (Wildman–Crippen MR) is 48.6 cm³/mol. The van der Waals surface area contributed by atoms with Gasteiger partial charge in [0.05, 0.1) is 13.2 Å². The molecule has 80 valence electrons. The topological polar surface area (TPSA) is 72.8 Å².